The molecule has 1 N–H and O–H groups in total. The summed E-state index contributed by atoms with van der Waals surface area (Å²) in [7, 11) is 1.68. The summed E-state index contributed by atoms with van der Waals surface area (Å²) >= 11 is 0. The van der Waals surface area contributed by atoms with Crippen molar-refractivity contribution in [3.8, 4) is 5.75 Å². The van der Waals surface area contributed by atoms with Crippen LogP contribution in [0, 0.1) is 11.3 Å². The van der Waals surface area contributed by atoms with E-state index in [1.54, 1.807) is 13.3 Å². The summed E-state index contributed by atoms with van der Waals surface area (Å²) in [4.78, 5) is 17.4. The lowest BCUT2D eigenvalue weighted by Gasteiger charge is -2.46. The third-order valence-electron chi connectivity index (χ3n) is 8.04. The zero-order chi connectivity index (χ0) is 23.5. The van der Waals surface area contributed by atoms with Gasteiger partial charge in [0.1, 0.15) is 5.75 Å². The van der Waals surface area contributed by atoms with Crippen LogP contribution in [0.3, 0.4) is 0 Å². The minimum atomic E-state index is -0.582. The molecule has 3 aliphatic carbocycles. The molecule has 1 amide bonds. The highest BCUT2D eigenvalue weighted by Crippen LogP contribution is 2.50. The highest BCUT2D eigenvalue weighted by Gasteiger charge is 2.41. The summed E-state index contributed by atoms with van der Waals surface area (Å²) in [6.45, 7) is 6.67. The highest BCUT2D eigenvalue weighted by molar-refractivity contribution is 5.83. The Morgan fingerprint density at radius 2 is 1.79 bits per heavy atom. The molecular formula is C28H38N2O3. The molecule has 1 heterocycles. The molecule has 5 heteroatoms. The van der Waals surface area contributed by atoms with Crippen molar-refractivity contribution in [2.45, 2.75) is 76.9 Å². The van der Waals surface area contributed by atoms with Crippen LogP contribution in [0.1, 0.15) is 82.5 Å². The first kappa shape index (κ1) is 23.7. The first-order chi connectivity index (χ1) is 15.8. The van der Waals surface area contributed by atoms with E-state index in [0.717, 1.165) is 29.5 Å². The summed E-state index contributed by atoms with van der Waals surface area (Å²) in [6, 6.07) is 13.5. The fourth-order valence-electron chi connectivity index (χ4n) is 5.36. The van der Waals surface area contributed by atoms with Gasteiger partial charge in [-0.2, -0.15) is 0 Å². The van der Waals surface area contributed by atoms with Gasteiger partial charge in [-0.3, -0.25) is 9.78 Å². The Labute approximate surface area is 198 Å². The van der Waals surface area contributed by atoms with Crippen LogP contribution in [0.4, 0.5) is 0 Å². The Bertz CT molecular complexity index is 904. The van der Waals surface area contributed by atoms with E-state index < -0.39 is 5.60 Å². The number of carbonyl (C=O) groups is 1. The number of aromatic nitrogens is 1. The van der Waals surface area contributed by atoms with Gasteiger partial charge in [0.25, 0.3) is 0 Å². The molecule has 0 unspecified atom stereocenters. The van der Waals surface area contributed by atoms with Crippen molar-refractivity contribution in [2.24, 2.45) is 11.3 Å². The molecule has 178 valence electrons. The zero-order valence-corrected chi connectivity index (χ0v) is 20.5. The molecule has 5 nitrogen and oxygen atoms in total. The number of ether oxygens (including phenoxy) is 2. The van der Waals surface area contributed by atoms with Crippen LogP contribution in [0.2, 0.25) is 0 Å². The number of rotatable bonds is 9. The maximum absolute atomic E-state index is 13.1. The molecule has 2 atom stereocenters. The SMILES string of the molecule is COC(C)(C)[C@H](NC(=O)[C@@H](C)c1ccccn1)c1ccc(OCC23CCC(CC2)CC3)cc1. The summed E-state index contributed by atoms with van der Waals surface area (Å²) in [5.41, 5.74) is 1.54. The predicted molar refractivity (Wildman–Crippen MR) is 130 cm³/mol. The van der Waals surface area contributed by atoms with Gasteiger partial charge in [0.15, 0.2) is 0 Å². The number of pyridine rings is 1. The summed E-state index contributed by atoms with van der Waals surface area (Å²) < 4.78 is 12.0. The van der Waals surface area contributed by atoms with E-state index >= 15 is 0 Å². The smallest absolute Gasteiger partial charge is 0.229 e. The number of nitrogens with zero attached hydrogens (tertiary/aromatic N) is 1. The van der Waals surface area contributed by atoms with Gasteiger partial charge in [0.05, 0.1) is 29.9 Å². The molecule has 2 bridgehead atoms. The van der Waals surface area contributed by atoms with E-state index in [9.17, 15) is 4.79 Å². The number of amides is 1. The summed E-state index contributed by atoms with van der Waals surface area (Å²) in [6.07, 6.45) is 9.74. The fraction of sp³-hybridized carbons (Fsp3) is 0.571. The van der Waals surface area contributed by atoms with Gasteiger partial charge in [-0.15, -0.1) is 0 Å². The Balaban J connectivity index is 1.44. The maximum Gasteiger partial charge on any atom is 0.229 e. The van der Waals surface area contributed by atoms with E-state index in [4.69, 9.17) is 9.47 Å². The van der Waals surface area contributed by atoms with Crippen molar-refractivity contribution in [2.75, 3.05) is 13.7 Å². The van der Waals surface area contributed by atoms with E-state index in [1.807, 2.05) is 63.2 Å². The standard InChI is InChI=1S/C28H38N2O3/c1-20(24-7-5-6-18-29-24)26(31)30-25(27(2,3)32-4)22-8-10-23(11-9-22)33-19-28-15-12-21(13-16-28)14-17-28/h5-11,18,20-21,25H,12-17,19H2,1-4H3,(H,30,31)/t20-,21?,25+,28?/m0/s1. The molecule has 1 aromatic heterocycles. The minimum Gasteiger partial charge on any atom is -0.493 e. The molecule has 0 saturated heterocycles. The molecule has 3 saturated carbocycles. The fourth-order valence-corrected chi connectivity index (χ4v) is 5.36. The molecule has 5 rings (SSSR count). The molecule has 3 fully saturated rings. The van der Waals surface area contributed by atoms with Gasteiger partial charge in [0, 0.05) is 18.7 Å². The van der Waals surface area contributed by atoms with Gasteiger partial charge in [-0.25, -0.2) is 0 Å². The Hall–Kier alpha value is -2.40. The third-order valence-corrected chi connectivity index (χ3v) is 8.04. The van der Waals surface area contributed by atoms with Crippen LogP contribution < -0.4 is 10.1 Å². The monoisotopic (exact) mass is 450 g/mol. The van der Waals surface area contributed by atoms with E-state index in [-0.39, 0.29) is 17.9 Å². The lowest BCUT2D eigenvalue weighted by molar-refractivity contribution is -0.125. The quantitative estimate of drug-likeness (QED) is 0.523. The lowest BCUT2D eigenvalue weighted by atomic mass is 9.61. The van der Waals surface area contributed by atoms with Crippen LogP contribution in [0.15, 0.2) is 48.7 Å². The maximum atomic E-state index is 13.1. The van der Waals surface area contributed by atoms with Crippen LogP contribution in [0.5, 0.6) is 5.75 Å². The molecule has 33 heavy (non-hydrogen) atoms. The summed E-state index contributed by atoms with van der Waals surface area (Å²) in [5, 5.41) is 3.20. The van der Waals surface area contributed by atoms with Gasteiger partial charge in [0.2, 0.25) is 5.91 Å². The van der Waals surface area contributed by atoms with Crippen LogP contribution in [0.25, 0.3) is 0 Å². The Morgan fingerprint density at radius 3 is 2.36 bits per heavy atom. The third kappa shape index (κ3) is 5.40. The van der Waals surface area contributed by atoms with Crippen LogP contribution >= 0.6 is 0 Å². The van der Waals surface area contributed by atoms with Crippen LogP contribution in [-0.4, -0.2) is 30.2 Å². The van der Waals surface area contributed by atoms with Gasteiger partial charge < -0.3 is 14.8 Å². The van der Waals surface area contributed by atoms with Crippen LogP contribution in [-0.2, 0) is 9.53 Å². The Morgan fingerprint density at radius 1 is 1.12 bits per heavy atom. The number of methoxy groups -OCH3 is 1. The van der Waals surface area contributed by atoms with Crippen molar-refractivity contribution in [3.05, 3.63) is 59.9 Å². The first-order valence-electron chi connectivity index (χ1n) is 12.3. The number of hydrogen-bond acceptors (Lipinski definition) is 4. The highest BCUT2D eigenvalue weighted by atomic mass is 16.5. The van der Waals surface area contributed by atoms with Crippen molar-refractivity contribution in [1.29, 1.82) is 0 Å². The largest absolute Gasteiger partial charge is 0.493 e. The van der Waals surface area contributed by atoms with Gasteiger partial charge in [-0.05, 0) is 95.0 Å². The molecule has 2 aromatic rings. The van der Waals surface area contributed by atoms with E-state index in [1.165, 1.54) is 38.5 Å². The molecule has 0 aliphatic heterocycles. The number of nitrogens with one attached hydrogen (secondary N) is 1. The molecule has 3 aliphatic rings. The first-order valence-corrected chi connectivity index (χ1v) is 12.3. The van der Waals surface area contributed by atoms with Gasteiger partial charge in [-0.1, -0.05) is 18.2 Å². The Kier molecular flexibility index (Phi) is 7.08. The van der Waals surface area contributed by atoms with Crippen molar-refractivity contribution in [3.63, 3.8) is 0 Å². The number of benzene rings is 1. The molecule has 0 spiro atoms. The van der Waals surface area contributed by atoms with Gasteiger partial charge >= 0.3 is 0 Å². The second-order valence-corrected chi connectivity index (χ2v) is 10.6. The second-order valence-electron chi connectivity index (χ2n) is 10.6. The van der Waals surface area contributed by atoms with E-state index in [2.05, 4.69) is 10.3 Å². The van der Waals surface area contributed by atoms with E-state index in [0.29, 0.717) is 5.41 Å². The summed E-state index contributed by atoms with van der Waals surface area (Å²) in [5.74, 6) is 1.43. The lowest BCUT2D eigenvalue weighted by Crippen LogP contribution is -2.44. The average molecular weight is 451 g/mol. The number of hydrogen-bond donors (Lipinski definition) is 1. The molecular weight excluding hydrogens is 412 g/mol. The zero-order valence-electron chi connectivity index (χ0n) is 20.5. The number of carbonyl (C=O) groups excluding carboxylic acids is 1. The topological polar surface area (TPSA) is 60.5 Å². The van der Waals surface area contributed by atoms with Crippen molar-refractivity contribution < 1.29 is 14.3 Å². The molecule has 1 aromatic carbocycles. The minimum absolute atomic E-state index is 0.0730. The number of fused-ring (bicyclic) bond motifs is 3. The average Bonchev–Trinajstić information content (AvgIpc) is 2.87. The normalized spacial score (nSPS) is 24.2. The van der Waals surface area contributed by atoms with Crippen molar-refractivity contribution >= 4 is 5.91 Å². The molecule has 0 radical (unpaired) electrons. The van der Waals surface area contributed by atoms with Crippen molar-refractivity contribution in [1.82, 2.24) is 10.3 Å². The predicted octanol–water partition coefficient (Wildman–Crippen LogP) is 5.82. The second kappa shape index (κ2) is 9.84.